The average Bonchev–Trinajstić information content (AvgIpc) is 2.74. The predicted molar refractivity (Wildman–Crippen MR) is 117 cm³/mol. The second-order valence-corrected chi connectivity index (χ2v) is 6.98. The third-order valence-corrected chi connectivity index (χ3v) is 5.11. The van der Waals surface area contributed by atoms with Gasteiger partial charge in [0.05, 0.1) is 19.2 Å². The fraction of sp³-hybridized carbons (Fsp3) is 0.455. The van der Waals surface area contributed by atoms with E-state index in [1.165, 1.54) is 0 Å². The molecular formula is C22H31ClN4O2. The lowest BCUT2D eigenvalue weighted by molar-refractivity contribution is -0.123. The number of pyridine rings is 1. The molecule has 0 aliphatic carbocycles. The SMILES string of the molecule is CCOc1ccccc1C(CC)NC(=O)CN1CCNCC1c1cccnc1.Cl. The maximum absolute atomic E-state index is 12.9. The van der Waals surface area contributed by atoms with Gasteiger partial charge in [0.15, 0.2) is 0 Å². The van der Waals surface area contributed by atoms with Crippen molar-refractivity contribution >= 4 is 18.3 Å². The van der Waals surface area contributed by atoms with Gasteiger partial charge in [-0.3, -0.25) is 14.7 Å². The molecule has 1 aromatic carbocycles. The second kappa shape index (κ2) is 11.8. The molecule has 1 aliphatic heterocycles. The summed E-state index contributed by atoms with van der Waals surface area (Å²) in [6.07, 6.45) is 4.47. The molecule has 158 valence electrons. The molecule has 1 saturated heterocycles. The van der Waals surface area contributed by atoms with Gasteiger partial charge in [-0.15, -0.1) is 12.4 Å². The first-order chi connectivity index (χ1) is 13.7. The molecule has 29 heavy (non-hydrogen) atoms. The number of halogens is 1. The van der Waals surface area contributed by atoms with Crippen LogP contribution < -0.4 is 15.4 Å². The van der Waals surface area contributed by atoms with Crippen LogP contribution in [0.15, 0.2) is 48.8 Å². The zero-order valence-electron chi connectivity index (χ0n) is 17.1. The van der Waals surface area contributed by atoms with E-state index in [2.05, 4.69) is 33.5 Å². The van der Waals surface area contributed by atoms with E-state index >= 15 is 0 Å². The molecule has 0 spiro atoms. The number of piperazine rings is 1. The normalized spacial score (nSPS) is 17.8. The number of nitrogens with one attached hydrogen (secondary N) is 2. The van der Waals surface area contributed by atoms with Crippen LogP contribution in [0, 0.1) is 0 Å². The van der Waals surface area contributed by atoms with Crippen LogP contribution in [-0.2, 0) is 4.79 Å². The number of amides is 1. The Morgan fingerprint density at radius 3 is 2.86 bits per heavy atom. The Bertz CT molecular complexity index is 759. The average molecular weight is 419 g/mol. The topological polar surface area (TPSA) is 66.5 Å². The summed E-state index contributed by atoms with van der Waals surface area (Å²) in [4.78, 5) is 19.3. The van der Waals surface area contributed by atoms with Gasteiger partial charge in [-0.2, -0.15) is 0 Å². The fourth-order valence-corrected chi connectivity index (χ4v) is 3.72. The van der Waals surface area contributed by atoms with Gasteiger partial charge in [0, 0.05) is 43.6 Å². The molecule has 1 amide bonds. The lowest BCUT2D eigenvalue weighted by atomic mass is 10.0. The largest absolute Gasteiger partial charge is 0.494 e. The first-order valence-electron chi connectivity index (χ1n) is 10.1. The highest BCUT2D eigenvalue weighted by atomic mass is 35.5. The van der Waals surface area contributed by atoms with E-state index in [1.807, 2.05) is 43.5 Å². The quantitative estimate of drug-likeness (QED) is 0.689. The predicted octanol–water partition coefficient (Wildman–Crippen LogP) is 3.12. The van der Waals surface area contributed by atoms with Gasteiger partial charge in [-0.05, 0) is 31.0 Å². The minimum Gasteiger partial charge on any atom is -0.494 e. The molecule has 2 atom stereocenters. The van der Waals surface area contributed by atoms with Crippen molar-refractivity contribution in [3.05, 3.63) is 59.9 Å². The third-order valence-electron chi connectivity index (χ3n) is 5.11. The van der Waals surface area contributed by atoms with Crippen molar-refractivity contribution < 1.29 is 9.53 Å². The van der Waals surface area contributed by atoms with E-state index in [4.69, 9.17) is 4.74 Å². The van der Waals surface area contributed by atoms with E-state index in [0.717, 1.165) is 42.9 Å². The highest BCUT2D eigenvalue weighted by Gasteiger charge is 2.26. The summed E-state index contributed by atoms with van der Waals surface area (Å²) in [6, 6.07) is 12.1. The van der Waals surface area contributed by atoms with Crippen LogP contribution >= 0.6 is 12.4 Å². The molecule has 6 nitrogen and oxygen atoms in total. The molecule has 2 heterocycles. The third kappa shape index (κ3) is 6.16. The Labute approximate surface area is 179 Å². The van der Waals surface area contributed by atoms with Gasteiger partial charge >= 0.3 is 0 Å². The number of aromatic nitrogens is 1. The Hall–Kier alpha value is -2.15. The number of para-hydroxylation sites is 1. The molecule has 2 N–H and O–H groups in total. The minimum atomic E-state index is -0.0602. The summed E-state index contributed by atoms with van der Waals surface area (Å²) in [7, 11) is 0. The van der Waals surface area contributed by atoms with Crippen LogP contribution in [0.25, 0.3) is 0 Å². The molecular weight excluding hydrogens is 388 g/mol. The number of hydrogen-bond donors (Lipinski definition) is 2. The monoisotopic (exact) mass is 418 g/mol. The second-order valence-electron chi connectivity index (χ2n) is 6.98. The zero-order chi connectivity index (χ0) is 19.8. The number of benzene rings is 1. The van der Waals surface area contributed by atoms with Crippen LogP contribution in [0.5, 0.6) is 5.75 Å². The molecule has 0 radical (unpaired) electrons. The Morgan fingerprint density at radius 1 is 1.31 bits per heavy atom. The molecule has 1 fully saturated rings. The molecule has 0 saturated carbocycles. The number of ether oxygens (including phenoxy) is 1. The summed E-state index contributed by atoms with van der Waals surface area (Å²) >= 11 is 0. The molecule has 2 unspecified atom stereocenters. The maximum Gasteiger partial charge on any atom is 0.234 e. The number of carbonyl (C=O) groups is 1. The Morgan fingerprint density at radius 2 is 2.14 bits per heavy atom. The standard InChI is InChI=1S/C22H30N4O2.ClH/c1-3-19(18-9-5-6-10-21(18)28-4-2)25-22(27)16-26-13-12-24-15-20(26)17-8-7-11-23-14-17;/h5-11,14,19-20,24H,3-4,12-13,15-16H2,1-2H3,(H,25,27);1H. The van der Waals surface area contributed by atoms with E-state index < -0.39 is 0 Å². The molecule has 1 aromatic heterocycles. The van der Waals surface area contributed by atoms with Gasteiger partial charge < -0.3 is 15.4 Å². The van der Waals surface area contributed by atoms with Crippen LogP contribution in [-0.4, -0.2) is 48.6 Å². The first-order valence-corrected chi connectivity index (χ1v) is 10.1. The Balaban J connectivity index is 0.00000300. The summed E-state index contributed by atoms with van der Waals surface area (Å²) in [5, 5.41) is 6.62. The molecule has 7 heteroatoms. The van der Waals surface area contributed by atoms with Crippen LogP contribution in [0.1, 0.15) is 43.5 Å². The van der Waals surface area contributed by atoms with Gasteiger partial charge in [0.1, 0.15) is 5.75 Å². The minimum absolute atomic E-state index is 0. The summed E-state index contributed by atoms with van der Waals surface area (Å²) < 4.78 is 5.75. The lowest BCUT2D eigenvalue weighted by Crippen LogP contribution is -2.49. The number of carbonyl (C=O) groups excluding carboxylic acids is 1. The van der Waals surface area contributed by atoms with Gasteiger partial charge in [-0.1, -0.05) is 31.2 Å². The fourth-order valence-electron chi connectivity index (χ4n) is 3.72. The zero-order valence-corrected chi connectivity index (χ0v) is 18.0. The van der Waals surface area contributed by atoms with E-state index in [0.29, 0.717) is 13.2 Å². The van der Waals surface area contributed by atoms with E-state index in [1.54, 1.807) is 6.20 Å². The molecule has 3 rings (SSSR count). The summed E-state index contributed by atoms with van der Waals surface area (Å²) in [5.41, 5.74) is 2.17. The smallest absolute Gasteiger partial charge is 0.234 e. The van der Waals surface area contributed by atoms with Gasteiger partial charge in [0.25, 0.3) is 0 Å². The lowest BCUT2D eigenvalue weighted by Gasteiger charge is -2.36. The van der Waals surface area contributed by atoms with Crippen molar-refractivity contribution in [2.45, 2.75) is 32.4 Å². The summed E-state index contributed by atoms with van der Waals surface area (Å²) in [6.45, 7) is 7.57. The van der Waals surface area contributed by atoms with Crippen molar-refractivity contribution in [3.63, 3.8) is 0 Å². The Kier molecular flexibility index (Phi) is 9.38. The summed E-state index contributed by atoms with van der Waals surface area (Å²) in [5.74, 6) is 0.876. The van der Waals surface area contributed by atoms with Crippen molar-refractivity contribution in [2.24, 2.45) is 0 Å². The van der Waals surface area contributed by atoms with E-state index in [9.17, 15) is 4.79 Å². The highest BCUT2D eigenvalue weighted by Crippen LogP contribution is 2.27. The van der Waals surface area contributed by atoms with Crippen molar-refractivity contribution in [1.82, 2.24) is 20.5 Å². The first kappa shape index (κ1) is 23.1. The number of rotatable bonds is 8. The molecule has 1 aliphatic rings. The number of nitrogens with zero attached hydrogens (tertiary/aromatic N) is 2. The molecule has 0 bridgehead atoms. The van der Waals surface area contributed by atoms with Crippen LogP contribution in [0.4, 0.5) is 0 Å². The van der Waals surface area contributed by atoms with Crippen molar-refractivity contribution in [2.75, 3.05) is 32.8 Å². The van der Waals surface area contributed by atoms with Crippen LogP contribution in [0.3, 0.4) is 0 Å². The van der Waals surface area contributed by atoms with Gasteiger partial charge in [0.2, 0.25) is 5.91 Å². The molecule has 2 aromatic rings. The van der Waals surface area contributed by atoms with Crippen molar-refractivity contribution in [1.29, 1.82) is 0 Å². The van der Waals surface area contributed by atoms with Crippen molar-refractivity contribution in [3.8, 4) is 5.75 Å². The number of hydrogen-bond acceptors (Lipinski definition) is 5. The highest BCUT2D eigenvalue weighted by molar-refractivity contribution is 5.85. The van der Waals surface area contributed by atoms with E-state index in [-0.39, 0.29) is 30.4 Å². The van der Waals surface area contributed by atoms with Gasteiger partial charge in [-0.25, -0.2) is 0 Å². The van der Waals surface area contributed by atoms with Crippen LogP contribution in [0.2, 0.25) is 0 Å². The maximum atomic E-state index is 12.9.